The molecule has 3 heterocycles. The Bertz CT molecular complexity index is 1020. The van der Waals surface area contributed by atoms with Gasteiger partial charge in [0.25, 0.3) is 0 Å². The maximum Gasteiger partial charge on any atom is 0.230 e. The third-order valence-electron chi connectivity index (χ3n) is 5.48. The lowest BCUT2D eigenvalue weighted by Crippen LogP contribution is -2.37. The van der Waals surface area contributed by atoms with Crippen LogP contribution in [-0.2, 0) is 22.5 Å². The van der Waals surface area contributed by atoms with Gasteiger partial charge in [-0.25, -0.2) is 4.98 Å². The largest absolute Gasteiger partial charge is 0.388 e. The Balaban J connectivity index is 1.45. The van der Waals surface area contributed by atoms with Gasteiger partial charge in [0.05, 0.1) is 12.3 Å². The molecule has 1 aliphatic carbocycles. The zero-order valence-electron chi connectivity index (χ0n) is 15.9. The Labute approximate surface area is 167 Å². The Morgan fingerprint density at radius 3 is 2.79 bits per heavy atom. The molecular formula is C21H21N3O5. The maximum atomic E-state index is 13.0. The van der Waals surface area contributed by atoms with Crippen LogP contribution in [0.5, 0.6) is 0 Å². The molecule has 29 heavy (non-hydrogen) atoms. The summed E-state index contributed by atoms with van der Waals surface area (Å²) in [5, 5.41) is 13.1. The van der Waals surface area contributed by atoms with Gasteiger partial charge in [-0.05, 0) is 24.1 Å². The maximum absolute atomic E-state index is 13.0. The van der Waals surface area contributed by atoms with Gasteiger partial charge in [0.1, 0.15) is 36.0 Å². The molecule has 1 aromatic heterocycles. The molecule has 2 aromatic rings. The molecule has 0 radical (unpaired) electrons. The number of anilines is 1. The summed E-state index contributed by atoms with van der Waals surface area (Å²) in [6.07, 6.45) is 1.35. The molecule has 0 amide bonds. The lowest BCUT2D eigenvalue weighted by atomic mass is 10.0. The lowest BCUT2D eigenvalue weighted by Gasteiger charge is -2.29. The second kappa shape index (κ2) is 6.91. The van der Waals surface area contributed by atoms with Crippen LogP contribution in [0.3, 0.4) is 0 Å². The number of Topliss-reactive ketones (excluding diaryl/α,β-unsaturated/α-hetero) is 1. The predicted octanol–water partition coefficient (Wildman–Crippen LogP) is 2.00. The highest BCUT2D eigenvalue weighted by atomic mass is 16.6. The first-order valence-corrected chi connectivity index (χ1v) is 9.76. The second-order valence-corrected chi connectivity index (χ2v) is 7.49. The first-order valence-electron chi connectivity index (χ1n) is 9.76. The summed E-state index contributed by atoms with van der Waals surface area (Å²) in [4.78, 5) is 30.3. The number of aliphatic hydroxyl groups excluding tert-OH is 1. The number of hydrogen-bond donors (Lipinski definition) is 2. The molecular weight excluding hydrogens is 374 g/mol. The third-order valence-corrected chi connectivity index (χ3v) is 5.48. The first-order chi connectivity index (χ1) is 14.1. The van der Waals surface area contributed by atoms with Gasteiger partial charge in [-0.3, -0.25) is 14.2 Å². The van der Waals surface area contributed by atoms with Gasteiger partial charge in [0.2, 0.25) is 11.6 Å². The number of aliphatic hydroxyl groups is 1. The number of aromatic nitrogens is 2. The van der Waals surface area contributed by atoms with E-state index in [4.69, 9.17) is 9.47 Å². The molecule has 2 N–H and O–H groups in total. The van der Waals surface area contributed by atoms with Crippen LogP contribution in [0.1, 0.15) is 51.9 Å². The summed E-state index contributed by atoms with van der Waals surface area (Å²) in [6, 6.07) is 7.79. The fourth-order valence-electron chi connectivity index (χ4n) is 4.10. The van der Waals surface area contributed by atoms with E-state index < -0.39 is 18.4 Å². The number of benzene rings is 1. The molecule has 8 heteroatoms. The van der Waals surface area contributed by atoms with Crippen molar-refractivity contribution < 1.29 is 24.2 Å². The van der Waals surface area contributed by atoms with Crippen molar-refractivity contribution in [3.63, 3.8) is 0 Å². The number of rotatable bonds is 4. The van der Waals surface area contributed by atoms with Gasteiger partial charge in [0, 0.05) is 11.8 Å². The average molecular weight is 395 g/mol. The minimum atomic E-state index is -0.774. The predicted molar refractivity (Wildman–Crippen MR) is 103 cm³/mol. The number of carbonyl (C=O) groups is 2. The van der Waals surface area contributed by atoms with Gasteiger partial charge >= 0.3 is 0 Å². The third kappa shape index (κ3) is 2.91. The van der Waals surface area contributed by atoms with Crippen LogP contribution in [0.4, 0.5) is 5.69 Å². The fourth-order valence-corrected chi connectivity index (χ4v) is 4.10. The van der Waals surface area contributed by atoms with Crippen LogP contribution in [0, 0.1) is 0 Å². The number of imidazole rings is 1. The van der Waals surface area contributed by atoms with E-state index in [0.717, 1.165) is 18.5 Å². The van der Waals surface area contributed by atoms with Crippen LogP contribution < -0.4 is 5.32 Å². The van der Waals surface area contributed by atoms with Crippen molar-refractivity contribution in [2.75, 3.05) is 11.9 Å². The van der Waals surface area contributed by atoms with Crippen molar-refractivity contribution in [3.05, 3.63) is 58.8 Å². The number of nitrogens with zero attached hydrogens (tertiary/aromatic N) is 2. The summed E-state index contributed by atoms with van der Waals surface area (Å²) in [6.45, 7) is 2.34. The summed E-state index contributed by atoms with van der Waals surface area (Å²) < 4.78 is 12.8. The number of fused-ring (bicyclic) bond motifs is 5. The molecule has 150 valence electrons. The monoisotopic (exact) mass is 395 g/mol. The van der Waals surface area contributed by atoms with E-state index >= 15 is 0 Å². The molecule has 2 aliphatic heterocycles. The number of nitrogens with one attached hydrogen (secondary N) is 1. The summed E-state index contributed by atoms with van der Waals surface area (Å²) >= 11 is 0. The molecule has 1 aromatic carbocycles. The Kier molecular flexibility index (Phi) is 4.34. The van der Waals surface area contributed by atoms with Crippen LogP contribution in [-0.4, -0.2) is 45.0 Å². The first kappa shape index (κ1) is 18.2. The quantitative estimate of drug-likeness (QED) is 0.816. The summed E-state index contributed by atoms with van der Waals surface area (Å²) in [5.74, 6) is -0.228. The van der Waals surface area contributed by atoms with Gasteiger partial charge < -0.3 is 19.9 Å². The normalized spacial score (nSPS) is 25.3. The number of ether oxygens (including phenoxy) is 2. The molecule has 0 saturated carbocycles. The molecule has 3 atom stereocenters. The molecule has 3 aliphatic rings. The van der Waals surface area contributed by atoms with Crippen LogP contribution in [0.2, 0.25) is 0 Å². The minimum absolute atomic E-state index is 0.0897. The molecule has 8 nitrogen and oxygen atoms in total. The summed E-state index contributed by atoms with van der Waals surface area (Å²) in [7, 11) is 0. The molecule has 0 bridgehead atoms. The molecule has 1 fully saturated rings. The van der Waals surface area contributed by atoms with Gasteiger partial charge in [-0.2, -0.15) is 0 Å². The highest BCUT2D eigenvalue weighted by Gasteiger charge is 2.46. The molecule has 5 rings (SSSR count). The van der Waals surface area contributed by atoms with Gasteiger partial charge in [0.15, 0.2) is 6.23 Å². The van der Waals surface area contributed by atoms with Gasteiger partial charge in [-0.15, -0.1) is 0 Å². The Morgan fingerprint density at radius 1 is 1.24 bits per heavy atom. The SMILES string of the molecule is CCCc1ccc(NC2=CC(=O)c3c(nc4n3[C@H]3OC[C@@H](O)[C@H]3OC4)C2=O)cc1. The van der Waals surface area contributed by atoms with E-state index in [1.807, 2.05) is 24.3 Å². The smallest absolute Gasteiger partial charge is 0.230 e. The number of ketones is 2. The van der Waals surface area contributed by atoms with Crippen LogP contribution in [0.15, 0.2) is 36.0 Å². The highest BCUT2D eigenvalue weighted by Crippen LogP contribution is 2.37. The standard InChI is InChI=1S/C21H21N3O5/c1-2-3-11-4-6-12(7-5-11)22-13-8-14(25)18-17(19(13)27)23-16-10-28-20-15(26)9-29-21(20)24(16)18/h4-8,15,20-22,26H,2-3,9-10H2,1H3/t15-,20-,21+/m1/s1. The second-order valence-electron chi connectivity index (χ2n) is 7.49. The molecule has 0 spiro atoms. The number of aryl methyl sites for hydroxylation is 1. The van der Waals surface area contributed by atoms with Gasteiger partial charge in [-0.1, -0.05) is 25.5 Å². The average Bonchev–Trinajstić information content (AvgIpc) is 3.29. The summed E-state index contributed by atoms with van der Waals surface area (Å²) in [5.41, 5.74) is 2.42. The highest BCUT2D eigenvalue weighted by molar-refractivity contribution is 6.24. The number of carbonyl (C=O) groups excluding carboxylic acids is 2. The van der Waals surface area contributed by atoms with E-state index in [-0.39, 0.29) is 41.9 Å². The van der Waals surface area contributed by atoms with Crippen molar-refractivity contribution in [1.82, 2.24) is 9.55 Å². The number of hydrogen-bond acceptors (Lipinski definition) is 7. The zero-order valence-corrected chi connectivity index (χ0v) is 15.9. The van der Waals surface area contributed by atoms with E-state index in [2.05, 4.69) is 17.2 Å². The zero-order chi connectivity index (χ0) is 20.1. The van der Waals surface area contributed by atoms with Crippen molar-refractivity contribution in [1.29, 1.82) is 0 Å². The molecule has 0 unspecified atom stereocenters. The van der Waals surface area contributed by atoms with E-state index in [1.165, 1.54) is 11.6 Å². The topological polar surface area (TPSA) is 103 Å². The van der Waals surface area contributed by atoms with Crippen molar-refractivity contribution in [3.8, 4) is 0 Å². The van der Waals surface area contributed by atoms with Crippen LogP contribution in [0.25, 0.3) is 0 Å². The fraction of sp³-hybridized carbons (Fsp3) is 0.381. The van der Waals surface area contributed by atoms with E-state index in [1.54, 1.807) is 4.57 Å². The van der Waals surface area contributed by atoms with Crippen LogP contribution >= 0.6 is 0 Å². The Hall–Kier alpha value is -2.81. The van der Waals surface area contributed by atoms with E-state index in [9.17, 15) is 14.7 Å². The Morgan fingerprint density at radius 2 is 2.03 bits per heavy atom. The lowest BCUT2D eigenvalue weighted by molar-refractivity contribution is -0.0992. The molecule has 1 saturated heterocycles. The van der Waals surface area contributed by atoms with Crippen molar-refractivity contribution in [2.24, 2.45) is 0 Å². The van der Waals surface area contributed by atoms with Crippen molar-refractivity contribution >= 4 is 17.3 Å². The number of allylic oxidation sites excluding steroid dienone is 2. The van der Waals surface area contributed by atoms with E-state index in [0.29, 0.717) is 5.82 Å². The van der Waals surface area contributed by atoms with Crippen molar-refractivity contribution in [2.45, 2.75) is 44.8 Å². The minimum Gasteiger partial charge on any atom is -0.388 e.